The number of hydrogen-bond acceptors (Lipinski definition) is 4. The average molecular weight is 426 g/mol. The number of benzene rings is 1. The molecule has 1 heterocycles. The summed E-state index contributed by atoms with van der Waals surface area (Å²) >= 11 is 0. The second-order valence-electron chi connectivity index (χ2n) is 7.77. The summed E-state index contributed by atoms with van der Waals surface area (Å²) in [4.78, 5) is 15.0. The number of rotatable bonds is 14. The summed E-state index contributed by atoms with van der Waals surface area (Å²) in [6, 6.07) is 5.88. The molecule has 5 heteroatoms. The largest absolute Gasteiger partial charge is 0.491 e. The number of ketones is 1. The zero-order valence-electron chi connectivity index (χ0n) is 18.4. The average Bonchev–Trinajstić information content (AvgIpc) is 2.74. The monoisotopic (exact) mass is 425 g/mol. The molecule has 1 aromatic rings. The lowest BCUT2D eigenvalue weighted by Gasteiger charge is -2.26. The molecule has 0 atom stereocenters. The first-order valence-electron chi connectivity index (χ1n) is 11.3. The predicted octanol–water partition coefficient (Wildman–Crippen LogP) is 5.71. The molecule has 1 aliphatic rings. The van der Waals surface area contributed by atoms with Crippen LogP contribution in [0, 0.1) is 0 Å². The summed E-state index contributed by atoms with van der Waals surface area (Å²) in [5.41, 5.74) is 1.92. The van der Waals surface area contributed by atoms with Crippen LogP contribution >= 0.6 is 12.4 Å². The van der Waals surface area contributed by atoms with Crippen LogP contribution in [0.4, 0.5) is 0 Å². The smallest absolute Gasteiger partial charge is 0.164 e. The Labute approximate surface area is 183 Å². The van der Waals surface area contributed by atoms with Gasteiger partial charge in [0.2, 0.25) is 0 Å². The van der Waals surface area contributed by atoms with Gasteiger partial charge in [0.25, 0.3) is 0 Å². The maximum atomic E-state index is 12.6. The van der Waals surface area contributed by atoms with Gasteiger partial charge in [-0.1, -0.05) is 39.5 Å². The van der Waals surface area contributed by atoms with E-state index in [-0.39, 0.29) is 18.2 Å². The first-order chi connectivity index (χ1) is 13.7. The van der Waals surface area contributed by atoms with E-state index in [1.807, 2.05) is 18.2 Å². The topological polar surface area (TPSA) is 38.8 Å². The van der Waals surface area contributed by atoms with Crippen molar-refractivity contribution in [2.75, 3.05) is 39.5 Å². The molecule has 1 aromatic carbocycles. The molecule has 0 spiro atoms. The fourth-order valence-corrected chi connectivity index (χ4v) is 3.70. The fourth-order valence-electron chi connectivity index (χ4n) is 3.70. The molecule has 0 bridgehead atoms. The minimum absolute atomic E-state index is 0. The third-order valence-electron chi connectivity index (χ3n) is 5.49. The highest BCUT2D eigenvalue weighted by molar-refractivity contribution is 5.96. The molecule has 1 fully saturated rings. The van der Waals surface area contributed by atoms with Crippen molar-refractivity contribution in [3.05, 3.63) is 29.3 Å². The first kappa shape index (κ1) is 25.9. The van der Waals surface area contributed by atoms with Crippen LogP contribution in [0.25, 0.3) is 0 Å². The summed E-state index contributed by atoms with van der Waals surface area (Å²) in [7, 11) is 0. The van der Waals surface area contributed by atoms with Crippen molar-refractivity contribution in [1.82, 2.24) is 4.90 Å². The highest BCUT2D eigenvalue weighted by atomic mass is 35.5. The normalized spacial score (nSPS) is 14.4. The highest BCUT2D eigenvalue weighted by Crippen LogP contribution is 2.22. The molecule has 0 unspecified atom stereocenters. The molecule has 1 saturated heterocycles. The van der Waals surface area contributed by atoms with Crippen molar-refractivity contribution in [3.63, 3.8) is 0 Å². The van der Waals surface area contributed by atoms with Crippen LogP contribution in [0.3, 0.4) is 0 Å². The fraction of sp³-hybridized carbons (Fsp3) is 0.708. The minimum atomic E-state index is 0. The third kappa shape index (κ3) is 9.97. The summed E-state index contributed by atoms with van der Waals surface area (Å²) in [6.45, 7) is 9.47. The quantitative estimate of drug-likeness (QED) is 0.283. The summed E-state index contributed by atoms with van der Waals surface area (Å²) in [6.07, 6.45) is 10.2. The Bertz CT molecular complexity index is 573. The van der Waals surface area contributed by atoms with Crippen LogP contribution in [0.1, 0.15) is 81.1 Å². The van der Waals surface area contributed by atoms with Gasteiger partial charge in [-0.15, -0.1) is 12.4 Å². The number of aryl methyl sites for hydroxylation is 1. The van der Waals surface area contributed by atoms with E-state index in [0.29, 0.717) is 19.6 Å². The van der Waals surface area contributed by atoms with Crippen LogP contribution in [0.15, 0.2) is 18.2 Å². The van der Waals surface area contributed by atoms with Gasteiger partial charge in [-0.05, 0) is 62.5 Å². The number of carbonyl (C=O) groups is 1. The molecule has 0 aromatic heterocycles. The number of nitrogens with zero attached hydrogens (tertiary/aromatic N) is 1. The zero-order valence-corrected chi connectivity index (χ0v) is 19.2. The number of carbonyl (C=O) groups excluding carboxylic acids is 1. The van der Waals surface area contributed by atoms with Gasteiger partial charge in [0.15, 0.2) is 5.78 Å². The zero-order chi connectivity index (χ0) is 20.0. The Morgan fingerprint density at radius 2 is 1.79 bits per heavy atom. The van der Waals surface area contributed by atoms with E-state index in [1.54, 1.807) is 0 Å². The van der Waals surface area contributed by atoms with Gasteiger partial charge < -0.3 is 14.4 Å². The Morgan fingerprint density at radius 3 is 2.52 bits per heavy atom. The second-order valence-corrected chi connectivity index (χ2v) is 7.77. The molecular weight excluding hydrogens is 386 g/mol. The SMILES string of the molecule is CCCCCCOCCOc1ccc(C(=O)CCN2CCCCC2)cc1CC.Cl. The van der Waals surface area contributed by atoms with Gasteiger partial charge in [0.1, 0.15) is 12.4 Å². The number of Topliss-reactive ketones (excluding diaryl/α,β-unsaturated/α-hetero) is 1. The molecule has 0 amide bonds. The maximum absolute atomic E-state index is 12.6. The van der Waals surface area contributed by atoms with Gasteiger partial charge in [0, 0.05) is 25.1 Å². The van der Waals surface area contributed by atoms with Gasteiger partial charge in [-0.25, -0.2) is 0 Å². The van der Waals surface area contributed by atoms with Gasteiger partial charge in [0.05, 0.1) is 6.61 Å². The Hall–Kier alpha value is -1.10. The van der Waals surface area contributed by atoms with E-state index < -0.39 is 0 Å². The predicted molar refractivity (Wildman–Crippen MR) is 123 cm³/mol. The lowest BCUT2D eigenvalue weighted by atomic mass is 10.0. The van der Waals surface area contributed by atoms with Crippen molar-refractivity contribution in [2.45, 2.75) is 71.6 Å². The second kappa shape index (κ2) is 15.7. The number of halogens is 1. The Balaban J connectivity index is 0.00000420. The van der Waals surface area contributed by atoms with Crippen molar-refractivity contribution in [2.24, 2.45) is 0 Å². The molecule has 0 saturated carbocycles. The first-order valence-corrected chi connectivity index (χ1v) is 11.3. The van der Waals surface area contributed by atoms with Crippen molar-refractivity contribution in [3.8, 4) is 5.75 Å². The number of unbranched alkanes of at least 4 members (excludes halogenated alkanes) is 3. The molecular formula is C24H40ClNO3. The minimum Gasteiger partial charge on any atom is -0.491 e. The highest BCUT2D eigenvalue weighted by Gasteiger charge is 2.14. The van der Waals surface area contributed by atoms with E-state index in [9.17, 15) is 4.79 Å². The Morgan fingerprint density at radius 1 is 1.00 bits per heavy atom. The maximum Gasteiger partial charge on any atom is 0.164 e. The number of piperidine rings is 1. The third-order valence-corrected chi connectivity index (χ3v) is 5.49. The van der Waals surface area contributed by atoms with Crippen LogP contribution in [0.5, 0.6) is 5.75 Å². The number of likely N-dealkylation sites (tertiary alicyclic amines) is 1. The van der Waals surface area contributed by atoms with E-state index >= 15 is 0 Å². The van der Waals surface area contributed by atoms with E-state index in [2.05, 4.69) is 18.7 Å². The lowest BCUT2D eigenvalue weighted by Crippen LogP contribution is -2.31. The summed E-state index contributed by atoms with van der Waals surface area (Å²) in [5.74, 6) is 1.12. The molecule has 0 N–H and O–H groups in total. The van der Waals surface area contributed by atoms with Crippen LogP contribution < -0.4 is 4.74 Å². The van der Waals surface area contributed by atoms with Gasteiger partial charge >= 0.3 is 0 Å². The molecule has 4 nitrogen and oxygen atoms in total. The van der Waals surface area contributed by atoms with Crippen LogP contribution in [-0.2, 0) is 11.2 Å². The van der Waals surface area contributed by atoms with E-state index in [1.165, 1.54) is 38.5 Å². The van der Waals surface area contributed by atoms with Crippen molar-refractivity contribution < 1.29 is 14.3 Å². The van der Waals surface area contributed by atoms with E-state index in [0.717, 1.165) is 56.0 Å². The van der Waals surface area contributed by atoms with Crippen molar-refractivity contribution in [1.29, 1.82) is 0 Å². The van der Waals surface area contributed by atoms with Crippen LogP contribution in [0.2, 0.25) is 0 Å². The van der Waals surface area contributed by atoms with Crippen molar-refractivity contribution >= 4 is 18.2 Å². The number of ether oxygens (including phenoxy) is 2. The van der Waals surface area contributed by atoms with Gasteiger partial charge in [-0.3, -0.25) is 4.79 Å². The standard InChI is InChI=1S/C24H39NO3.ClH/c1-3-5-6-10-17-27-18-19-28-24-12-11-22(20-21(24)4-2)23(26)13-16-25-14-8-7-9-15-25;/h11-12,20H,3-10,13-19H2,1-2H3;1H. The summed E-state index contributed by atoms with van der Waals surface area (Å²) in [5, 5.41) is 0. The van der Waals surface area contributed by atoms with Crippen LogP contribution in [-0.4, -0.2) is 50.1 Å². The molecule has 166 valence electrons. The number of hydrogen-bond donors (Lipinski definition) is 0. The Kier molecular flexibility index (Phi) is 14.0. The summed E-state index contributed by atoms with van der Waals surface area (Å²) < 4.78 is 11.5. The van der Waals surface area contributed by atoms with Gasteiger partial charge in [-0.2, -0.15) is 0 Å². The molecule has 29 heavy (non-hydrogen) atoms. The molecule has 0 aliphatic carbocycles. The molecule has 1 aliphatic heterocycles. The molecule has 2 rings (SSSR count). The lowest BCUT2D eigenvalue weighted by molar-refractivity contribution is 0.0954. The van der Waals surface area contributed by atoms with E-state index in [4.69, 9.17) is 9.47 Å². The molecule has 0 radical (unpaired) electrons.